The summed E-state index contributed by atoms with van der Waals surface area (Å²) < 4.78 is 5.27. The van der Waals surface area contributed by atoms with Crippen LogP contribution in [-0.2, 0) is 4.79 Å². The first-order valence-corrected chi connectivity index (χ1v) is 9.34. The average Bonchev–Trinajstić information content (AvgIpc) is 2.62. The minimum atomic E-state index is -0.603. The lowest BCUT2D eigenvalue weighted by molar-refractivity contribution is -0.115. The lowest BCUT2D eigenvalue weighted by Gasteiger charge is -2.17. The summed E-state index contributed by atoms with van der Waals surface area (Å²) in [5.74, 6) is 0.811. The highest BCUT2D eigenvalue weighted by atomic mass is 35.5. The second-order valence-electron chi connectivity index (χ2n) is 5.69. The molecule has 4 nitrogen and oxygen atoms in total. The van der Waals surface area contributed by atoms with E-state index < -0.39 is 6.10 Å². The molecule has 0 aromatic heterocycles. The van der Waals surface area contributed by atoms with Gasteiger partial charge >= 0.3 is 0 Å². The topological polar surface area (TPSA) is 58.6 Å². The van der Waals surface area contributed by atoms with Crippen molar-refractivity contribution in [2.24, 2.45) is 0 Å². The van der Waals surface area contributed by atoms with Gasteiger partial charge in [-0.05, 0) is 31.0 Å². The number of hydrogen-bond donors (Lipinski definition) is 2. The van der Waals surface area contributed by atoms with Gasteiger partial charge in [-0.25, -0.2) is 0 Å². The molecule has 0 spiro atoms. The van der Waals surface area contributed by atoms with E-state index in [1.54, 1.807) is 12.1 Å². The van der Waals surface area contributed by atoms with Crippen LogP contribution in [0, 0.1) is 6.92 Å². The van der Waals surface area contributed by atoms with Gasteiger partial charge in [0.15, 0.2) is 0 Å². The van der Waals surface area contributed by atoms with E-state index in [0.717, 1.165) is 11.1 Å². The zero-order chi connectivity index (χ0) is 18.4. The molecule has 0 saturated heterocycles. The van der Waals surface area contributed by atoms with Gasteiger partial charge < -0.3 is 15.2 Å². The highest BCUT2D eigenvalue weighted by molar-refractivity contribution is 8.00. The van der Waals surface area contributed by atoms with Crippen LogP contribution in [0.25, 0.3) is 0 Å². The number of benzene rings is 2. The van der Waals surface area contributed by atoms with Crippen molar-refractivity contribution >= 4 is 35.0 Å². The molecule has 2 unspecified atom stereocenters. The van der Waals surface area contributed by atoms with Crippen molar-refractivity contribution in [2.75, 3.05) is 18.2 Å². The number of aliphatic hydroxyl groups excluding tert-OH is 1. The third-order valence-corrected chi connectivity index (χ3v) is 5.43. The van der Waals surface area contributed by atoms with Crippen LogP contribution in [-0.4, -0.2) is 29.1 Å². The molecule has 6 heteroatoms. The number of methoxy groups -OCH3 is 1. The lowest BCUT2D eigenvalue weighted by Crippen LogP contribution is -2.23. The van der Waals surface area contributed by atoms with Crippen LogP contribution >= 0.6 is 23.4 Å². The quantitative estimate of drug-likeness (QED) is 0.746. The molecule has 134 valence electrons. The Balaban J connectivity index is 1.95. The molecule has 0 bridgehead atoms. The fourth-order valence-corrected chi connectivity index (χ4v) is 3.27. The normalized spacial score (nSPS) is 13.2. The third kappa shape index (κ3) is 5.39. The number of thioether (sulfide) groups is 1. The van der Waals surface area contributed by atoms with Gasteiger partial charge in [0.2, 0.25) is 5.91 Å². The molecule has 2 N–H and O–H groups in total. The van der Waals surface area contributed by atoms with E-state index in [0.29, 0.717) is 22.2 Å². The van der Waals surface area contributed by atoms with Crippen molar-refractivity contribution < 1.29 is 14.6 Å². The molecule has 2 atom stereocenters. The second-order valence-corrected chi connectivity index (χ2v) is 7.47. The fourth-order valence-electron chi connectivity index (χ4n) is 2.25. The van der Waals surface area contributed by atoms with Gasteiger partial charge in [0.05, 0.1) is 24.2 Å². The van der Waals surface area contributed by atoms with Gasteiger partial charge in [-0.15, -0.1) is 11.8 Å². The minimum Gasteiger partial charge on any atom is -0.495 e. The number of rotatable bonds is 7. The van der Waals surface area contributed by atoms with Gasteiger partial charge in [0.1, 0.15) is 5.75 Å². The van der Waals surface area contributed by atoms with Crippen LogP contribution in [0.15, 0.2) is 42.5 Å². The van der Waals surface area contributed by atoms with Crippen LogP contribution in [0.2, 0.25) is 5.02 Å². The Morgan fingerprint density at radius 2 is 2.00 bits per heavy atom. The predicted molar refractivity (Wildman–Crippen MR) is 105 cm³/mol. The average molecular weight is 380 g/mol. The van der Waals surface area contributed by atoms with Crippen molar-refractivity contribution in [2.45, 2.75) is 25.2 Å². The SMILES string of the molecule is COc1cc(Cl)c(C)cc1NC(=O)C(C)SCC(O)c1ccccc1. The summed E-state index contributed by atoms with van der Waals surface area (Å²) in [5, 5.41) is 13.3. The van der Waals surface area contributed by atoms with Crippen LogP contribution in [0.1, 0.15) is 24.2 Å². The van der Waals surface area contributed by atoms with Gasteiger partial charge in [-0.2, -0.15) is 0 Å². The van der Waals surface area contributed by atoms with Crippen LogP contribution < -0.4 is 10.1 Å². The highest BCUT2D eigenvalue weighted by Gasteiger charge is 2.18. The molecule has 25 heavy (non-hydrogen) atoms. The van der Waals surface area contributed by atoms with Crippen LogP contribution in [0.3, 0.4) is 0 Å². The molecule has 0 aliphatic rings. The summed E-state index contributed by atoms with van der Waals surface area (Å²) >= 11 is 7.48. The first-order valence-electron chi connectivity index (χ1n) is 7.92. The van der Waals surface area contributed by atoms with E-state index in [9.17, 15) is 9.90 Å². The number of anilines is 1. The smallest absolute Gasteiger partial charge is 0.237 e. The van der Waals surface area contributed by atoms with Crippen LogP contribution in [0.4, 0.5) is 5.69 Å². The highest BCUT2D eigenvalue weighted by Crippen LogP contribution is 2.31. The summed E-state index contributed by atoms with van der Waals surface area (Å²) in [6.07, 6.45) is -0.603. The zero-order valence-electron chi connectivity index (χ0n) is 14.5. The van der Waals surface area contributed by atoms with E-state index >= 15 is 0 Å². The zero-order valence-corrected chi connectivity index (χ0v) is 16.0. The standard InChI is InChI=1S/C19H22ClNO3S/c1-12-9-16(18(24-3)10-15(12)20)21-19(23)13(2)25-11-17(22)14-7-5-4-6-8-14/h4-10,13,17,22H,11H2,1-3H3,(H,21,23). The molecule has 0 fully saturated rings. The van der Waals surface area contributed by atoms with Gasteiger partial charge in [0, 0.05) is 16.8 Å². The van der Waals surface area contributed by atoms with Gasteiger partial charge in [-0.3, -0.25) is 4.79 Å². The van der Waals surface area contributed by atoms with E-state index in [1.807, 2.05) is 44.2 Å². The first kappa shape index (κ1) is 19.6. The number of ether oxygens (including phenoxy) is 1. The Hall–Kier alpha value is -1.69. The number of aryl methyl sites for hydroxylation is 1. The Bertz CT molecular complexity index is 724. The molecule has 0 radical (unpaired) electrons. The Kier molecular flexibility index (Phi) is 7.17. The Morgan fingerprint density at radius 1 is 1.32 bits per heavy atom. The monoisotopic (exact) mass is 379 g/mol. The van der Waals surface area contributed by atoms with E-state index in [1.165, 1.54) is 18.9 Å². The molecule has 2 aromatic rings. The number of nitrogens with one attached hydrogen (secondary N) is 1. The Morgan fingerprint density at radius 3 is 2.64 bits per heavy atom. The maximum absolute atomic E-state index is 12.4. The van der Waals surface area contributed by atoms with Crippen molar-refractivity contribution in [3.63, 3.8) is 0 Å². The maximum atomic E-state index is 12.4. The molecule has 0 saturated carbocycles. The summed E-state index contributed by atoms with van der Waals surface area (Å²) in [5.41, 5.74) is 2.29. The van der Waals surface area contributed by atoms with Crippen LogP contribution in [0.5, 0.6) is 5.75 Å². The van der Waals surface area contributed by atoms with Gasteiger partial charge in [-0.1, -0.05) is 41.9 Å². The number of carbonyl (C=O) groups is 1. The predicted octanol–water partition coefficient (Wildman–Crippen LogP) is 4.45. The first-order chi connectivity index (χ1) is 11.9. The molecule has 0 aliphatic heterocycles. The molecule has 0 aliphatic carbocycles. The number of carbonyl (C=O) groups excluding carboxylic acids is 1. The molecule has 2 rings (SSSR count). The fraction of sp³-hybridized carbons (Fsp3) is 0.316. The minimum absolute atomic E-state index is 0.148. The van der Waals surface area contributed by atoms with E-state index in [-0.39, 0.29) is 11.2 Å². The van der Waals surface area contributed by atoms with Crippen molar-refractivity contribution in [1.82, 2.24) is 0 Å². The third-order valence-electron chi connectivity index (χ3n) is 3.80. The molecular weight excluding hydrogens is 358 g/mol. The van der Waals surface area contributed by atoms with Crippen molar-refractivity contribution in [1.29, 1.82) is 0 Å². The molecule has 0 heterocycles. The van der Waals surface area contributed by atoms with E-state index in [2.05, 4.69) is 5.32 Å². The summed E-state index contributed by atoms with van der Waals surface area (Å²) in [6, 6.07) is 12.9. The summed E-state index contributed by atoms with van der Waals surface area (Å²) in [6.45, 7) is 3.68. The number of aliphatic hydroxyl groups is 1. The van der Waals surface area contributed by atoms with Crippen molar-refractivity contribution in [3.8, 4) is 5.75 Å². The Labute approximate surface area is 157 Å². The van der Waals surface area contributed by atoms with Gasteiger partial charge in [0.25, 0.3) is 0 Å². The lowest BCUT2D eigenvalue weighted by atomic mass is 10.1. The maximum Gasteiger partial charge on any atom is 0.237 e. The largest absolute Gasteiger partial charge is 0.495 e. The molecule has 2 aromatic carbocycles. The molecule has 1 amide bonds. The van der Waals surface area contributed by atoms with Crippen molar-refractivity contribution in [3.05, 3.63) is 58.6 Å². The van der Waals surface area contributed by atoms with E-state index in [4.69, 9.17) is 16.3 Å². The number of amides is 1. The summed E-state index contributed by atoms with van der Waals surface area (Å²) in [4.78, 5) is 12.4. The number of hydrogen-bond acceptors (Lipinski definition) is 4. The second kappa shape index (κ2) is 9.13. The number of halogens is 1. The summed E-state index contributed by atoms with van der Waals surface area (Å²) in [7, 11) is 1.53. The molecular formula is C19H22ClNO3S.